The van der Waals surface area contributed by atoms with Crippen molar-refractivity contribution in [2.75, 3.05) is 20.6 Å². The Morgan fingerprint density at radius 3 is 2.62 bits per heavy atom. The first-order valence-corrected chi connectivity index (χ1v) is 7.21. The van der Waals surface area contributed by atoms with Crippen molar-refractivity contribution in [2.24, 2.45) is 0 Å². The predicted molar refractivity (Wildman–Crippen MR) is 85.2 cm³/mol. The van der Waals surface area contributed by atoms with Gasteiger partial charge in [-0.2, -0.15) is 0 Å². The summed E-state index contributed by atoms with van der Waals surface area (Å²) < 4.78 is 0. The molecule has 4 heteroatoms. The molecule has 0 fully saturated rings. The molecule has 0 saturated heterocycles. The van der Waals surface area contributed by atoms with E-state index in [1.807, 2.05) is 38.1 Å². The summed E-state index contributed by atoms with van der Waals surface area (Å²) >= 11 is 0. The lowest BCUT2D eigenvalue weighted by molar-refractivity contribution is -0.117. The van der Waals surface area contributed by atoms with Crippen LogP contribution in [0.5, 0.6) is 0 Å². The lowest BCUT2D eigenvalue weighted by Gasteiger charge is -2.11. The first-order chi connectivity index (χ1) is 9.95. The lowest BCUT2D eigenvalue weighted by Crippen LogP contribution is -2.26. The number of hydrogen-bond acceptors (Lipinski definition) is 2. The highest BCUT2D eigenvalue weighted by Gasteiger charge is 2.08. The van der Waals surface area contributed by atoms with Crippen molar-refractivity contribution in [3.8, 4) is 0 Å². The molecule has 21 heavy (non-hydrogen) atoms. The van der Waals surface area contributed by atoms with Crippen LogP contribution in [0.2, 0.25) is 0 Å². The molecule has 0 aliphatic rings. The van der Waals surface area contributed by atoms with Gasteiger partial charge in [-0.05, 0) is 37.5 Å². The monoisotopic (exact) mass is 288 g/mol. The zero-order valence-corrected chi connectivity index (χ0v) is 13.3. The van der Waals surface area contributed by atoms with E-state index in [4.69, 9.17) is 0 Å². The molecule has 0 unspecified atom stereocenters. The summed E-state index contributed by atoms with van der Waals surface area (Å²) in [6.07, 6.45) is 3.47. The molecule has 1 aromatic carbocycles. The first-order valence-electron chi connectivity index (χ1n) is 7.21. The van der Waals surface area contributed by atoms with Crippen molar-refractivity contribution in [2.45, 2.75) is 26.7 Å². The van der Waals surface area contributed by atoms with E-state index in [-0.39, 0.29) is 11.8 Å². The number of carbonyl (C=O) groups is 2. The second-order valence-electron chi connectivity index (χ2n) is 5.20. The summed E-state index contributed by atoms with van der Waals surface area (Å²) in [5.74, 6) is -0.0417. The highest BCUT2D eigenvalue weighted by molar-refractivity contribution is 5.94. The zero-order valence-electron chi connectivity index (χ0n) is 13.3. The van der Waals surface area contributed by atoms with Gasteiger partial charge in [-0.3, -0.25) is 9.59 Å². The lowest BCUT2D eigenvalue weighted by atomic mass is 10.1. The minimum Gasteiger partial charge on any atom is -0.352 e. The fourth-order valence-electron chi connectivity index (χ4n) is 1.98. The van der Waals surface area contributed by atoms with Crippen LogP contribution < -0.4 is 5.32 Å². The topological polar surface area (TPSA) is 49.4 Å². The molecule has 0 bridgehead atoms. The van der Waals surface area contributed by atoms with Gasteiger partial charge in [0.15, 0.2) is 0 Å². The molecule has 0 spiro atoms. The van der Waals surface area contributed by atoms with Crippen molar-refractivity contribution in [1.29, 1.82) is 0 Å². The molecule has 0 saturated carbocycles. The number of hydrogen-bond donors (Lipinski definition) is 1. The summed E-state index contributed by atoms with van der Waals surface area (Å²) in [7, 11) is 3.47. The first kappa shape index (κ1) is 17.0. The molecule has 114 valence electrons. The van der Waals surface area contributed by atoms with Crippen molar-refractivity contribution in [3.05, 3.63) is 47.0 Å². The van der Waals surface area contributed by atoms with Crippen molar-refractivity contribution in [1.82, 2.24) is 10.2 Å². The molecular formula is C17H24N2O2. The van der Waals surface area contributed by atoms with Gasteiger partial charge in [0.25, 0.3) is 5.91 Å². The Kier molecular flexibility index (Phi) is 6.66. The molecule has 0 atom stereocenters. The average Bonchev–Trinajstić information content (AvgIpc) is 2.46. The zero-order chi connectivity index (χ0) is 15.8. The summed E-state index contributed by atoms with van der Waals surface area (Å²) in [6.45, 7) is 4.38. The fraction of sp³-hybridized carbons (Fsp3) is 0.412. The molecule has 1 aromatic rings. The number of rotatable bonds is 6. The fourth-order valence-corrected chi connectivity index (χ4v) is 1.98. The smallest absolute Gasteiger partial charge is 0.253 e. The van der Waals surface area contributed by atoms with Gasteiger partial charge in [-0.15, -0.1) is 0 Å². The van der Waals surface area contributed by atoms with E-state index in [2.05, 4.69) is 5.32 Å². The average molecular weight is 288 g/mol. The van der Waals surface area contributed by atoms with Crippen LogP contribution in [0, 0.1) is 0 Å². The molecule has 0 aliphatic heterocycles. The van der Waals surface area contributed by atoms with Crippen molar-refractivity contribution >= 4 is 11.8 Å². The van der Waals surface area contributed by atoms with E-state index in [9.17, 15) is 9.59 Å². The molecule has 1 N–H and O–H groups in total. The van der Waals surface area contributed by atoms with Gasteiger partial charge in [0.1, 0.15) is 0 Å². The molecule has 0 aromatic heterocycles. The maximum absolute atomic E-state index is 11.9. The number of carbonyl (C=O) groups excluding carboxylic acids is 2. The van der Waals surface area contributed by atoms with Crippen molar-refractivity contribution < 1.29 is 9.59 Å². The summed E-state index contributed by atoms with van der Waals surface area (Å²) in [4.78, 5) is 25.2. The van der Waals surface area contributed by atoms with Crippen molar-refractivity contribution in [3.63, 3.8) is 0 Å². The standard InChI is InChI=1S/C17H24N2O2/c1-5-7-13(2)16(20)18-11-10-14-8-6-9-15(12-14)17(21)19(3)4/h6-9,12H,5,10-11H2,1-4H3,(H,18,20)/b13-7-. The molecule has 0 radical (unpaired) electrons. The van der Waals surface area contributed by atoms with Gasteiger partial charge in [-0.25, -0.2) is 0 Å². The van der Waals surface area contributed by atoms with Crippen LogP contribution in [0.3, 0.4) is 0 Å². The van der Waals surface area contributed by atoms with Gasteiger partial charge in [0.2, 0.25) is 5.91 Å². The Bertz CT molecular complexity index is 533. The second-order valence-corrected chi connectivity index (χ2v) is 5.20. The van der Waals surface area contributed by atoms with Crippen LogP contribution in [-0.2, 0) is 11.2 Å². The van der Waals surface area contributed by atoms with E-state index in [1.54, 1.807) is 25.1 Å². The Labute approximate surface area is 126 Å². The highest BCUT2D eigenvalue weighted by atomic mass is 16.2. The molecule has 1 rings (SSSR count). The Morgan fingerprint density at radius 1 is 1.29 bits per heavy atom. The molecule has 2 amide bonds. The molecule has 0 heterocycles. The summed E-state index contributed by atoms with van der Waals surface area (Å²) in [5, 5.41) is 2.88. The van der Waals surface area contributed by atoms with Gasteiger partial charge < -0.3 is 10.2 Å². The van der Waals surface area contributed by atoms with Gasteiger partial charge in [0, 0.05) is 31.8 Å². The van der Waals surface area contributed by atoms with Crippen LogP contribution in [0.25, 0.3) is 0 Å². The minimum atomic E-state index is -0.0302. The molecule has 0 aliphatic carbocycles. The molecular weight excluding hydrogens is 264 g/mol. The van der Waals surface area contributed by atoms with Crippen LogP contribution in [0.1, 0.15) is 36.2 Å². The van der Waals surface area contributed by atoms with Gasteiger partial charge in [0.05, 0.1) is 0 Å². The minimum absolute atomic E-state index is 0.0115. The second kappa shape index (κ2) is 8.25. The van der Waals surface area contributed by atoms with Gasteiger partial charge >= 0.3 is 0 Å². The third kappa shape index (κ3) is 5.42. The Balaban J connectivity index is 2.57. The van der Waals surface area contributed by atoms with Crippen LogP contribution >= 0.6 is 0 Å². The van der Waals surface area contributed by atoms with E-state index < -0.39 is 0 Å². The highest BCUT2D eigenvalue weighted by Crippen LogP contribution is 2.08. The SMILES string of the molecule is CC/C=C(/C)C(=O)NCCc1cccc(C(=O)N(C)C)c1. The van der Waals surface area contributed by atoms with Crippen LogP contribution in [-0.4, -0.2) is 37.4 Å². The number of amides is 2. The Morgan fingerprint density at radius 2 is 2.00 bits per heavy atom. The normalized spacial score (nSPS) is 11.1. The maximum atomic E-state index is 11.9. The summed E-state index contributed by atoms with van der Waals surface area (Å²) in [5.41, 5.74) is 2.46. The third-order valence-electron chi connectivity index (χ3n) is 3.15. The summed E-state index contributed by atoms with van der Waals surface area (Å²) in [6, 6.07) is 7.52. The van der Waals surface area contributed by atoms with Crippen LogP contribution in [0.4, 0.5) is 0 Å². The number of nitrogens with zero attached hydrogens (tertiary/aromatic N) is 1. The number of allylic oxidation sites excluding steroid dienone is 1. The predicted octanol–water partition coefficient (Wildman–Crippen LogP) is 2.40. The van der Waals surface area contributed by atoms with Gasteiger partial charge in [-0.1, -0.05) is 25.1 Å². The van der Waals surface area contributed by atoms with E-state index >= 15 is 0 Å². The quantitative estimate of drug-likeness (QED) is 0.817. The Hall–Kier alpha value is -2.10. The largest absolute Gasteiger partial charge is 0.352 e. The number of benzene rings is 1. The molecule has 4 nitrogen and oxygen atoms in total. The van der Waals surface area contributed by atoms with E-state index in [0.717, 1.165) is 17.6 Å². The maximum Gasteiger partial charge on any atom is 0.253 e. The van der Waals surface area contributed by atoms with E-state index in [0.29, 0.717) is 18.5 Å². The van der Waals surface area contributed by atoms with Crippen LogP contribution in [0.15, 0.2) is 35.9 Å². The third-order valence-corrected chi connectivity index (χ3v) is 3.15. The van der Waals surface area contributed by atoms with E-state index in [1.165, 1.54) is 0 Å². The number of nitrogens with one attached hydrogen (secondary N) is 1.